The fourth-order valence-corrected chi connectivity index (χ4v) is 7.60. The Labute approximate surface area is 317 Å². The molecule has 0 aliphatic carbocycles. The largest absolute Gasteiger partial charge is 0.381 e. The minimum Gasteiger partial charge on any atom is -0.381 e. The van der Waals surface area contributed by atoms with Gasteiger partial charge in [0, 0.05) is 94.0 Å². The zero-order valence-corrected chi connectivity index (χ0v) is 31.7. The van der Waals surface area contributed by atoms with E-state index in [-0.39, 0.29) is 17.9 Å². The number of carbonyl (C=O) groups is 2. The molecule has 2 aromatic heterocycles. The number of benzene rings is 3. The first kappa shape index (κ1) is 37.2. The minimum absolute atomic E-state index is 0.230. The molecule has 11 heteroatoms. The minimum atomic E-state index is -0.254. The lowest BCUT2D eigenvalue weighted by atomic mass is 9.95. The quantitative estimate of drug-likeness (QED) is 0.119. The van der Waals surface area contributed by atoms with Crippen molar-refractivity contribution in [2.75, 3.05) is 44.7 Å². The Morgan fingerprint density at radius 2 is 1.63 bits per heavy atom. The molecule has 2 fully saturated rings. The highest BCUT2D eigenvalue weighted by atomic mass is 16.5. The van der Waals surface area contributed by atoms with Gasteiger partial charge in [-0.05, 0) is 85.2 Å². The molecule has 0 bridgehead atoms. The molecule has 54 heavy (non-hydrogen) atoms. The van der Waals surface area contributed by atoms with Crippen molar-refractivity contribution in [3.05, 3.63) is 112 Å². The second kappa shape index (κ2) is 17.4. The molecule has 0 unspecified atom stereocenters. The first-order chi connectivity index (χ1) is 26.4. The second-order valence-electron chi connectivity index (χ2n) is 14.3. The van der Waals surface area contributed by atoms with Crippen molar-refractivity contribution in [1.29, 1.82) is 0 Å². The van der Waals surface area contributed by atoms with Gasteiger partial charge in [0.2, 0.25) is 0 Å². The van der Waals surface area contributed by atoms with Crippen LogP contribution in [0.3, 0.4) is 0 Å². The van der Waals surface area contributed by atoms with Crippen molar-refractivity contribution in [3.8, 4) is 11.1 Å². The number of carbonyl (C=O) groups excluding carboxylic acids is 2. The summed E-state index contributed by atoms with van der Waals surface area (Å²) in [4.78, 5) is 34.6. The molecule has 5 aromatic rings. The summed E-state index contributed by atoms with van der Waals surface area (Å²) in [6, 6.07) is 22.2. The van der Waals surface area contributed by atoms with Gasteiger partial charge < -0.3 is 26.0 Å². The van der Waals surface area contributed by atoms with E-state index in [0.29, 0.717) is 50.4 Å². The predicted octanol–water partition coefficient (Wildman–Crippen LogP) is 5.85. The van der Waals surface area contributed by atoms with Gasteiger partial charge in [-0.1, -0.05) is 49.4 Å². The third-order valence-corrected chi connectivity index (χ3v) is 10.7. The number of rotatable bonds is 13. The molecule has 0 spiro atoms. The second-order valence-corrected chi connectivity index (χ2v) is 14.3. The molecular weight excluding hydrogens is 677 g/mol. The lowest BCUT2D eigenvalue weighted by Gasteiger charge is -2.27. The molecule has 2 aliphatic rings. The Morgan fingerprint density at radius 3 is 2.37 bits per heavy atom. The monoisotopic (exact) mass is 728 g/mol. The number of hydrogen-bond acceptors (Lipinski definition) is 8. The molecule has 3 aromatic carbocycles. The van der Waals surface area contributed by atoms with E-state index in [2.05, 4.69) is 94.5 Å². The summed E-state index contributed by atoms with van der Waals surface area (Å²) >= 11 is 0. The maximum atomic E-state index is 13.6. The molecule has 0 saturated carbocycles. The molecule has 0 radical (unpaired) electrons. The maximum absolute atomic E-state index is 13.6. The normalized spacial score (nSPS) is 15.3. The van der Waals surface area contributed by atoms with E-state index in [1.54, 1.807) is 24.3 Å². The number of amides is 2. The van der Waals surface area contributed by atoms with Gasteiger partial charge in [-0.25, -0.2) is 9.67 Å². The van der Waals surface area contributed by atoms with Gasteiger partial charge in [0.1, 0.15) is 0 Å². The van der Waals surface area contributed by atoms with Crippen molar-refractivity contribution < 1.29 is 14.3 Å². The third-order valence-electron chi connectivity index (χ3n) is 10.7. The number of hydrogen-bond donors (Lipinski definition) is 4. The zero-order valence-electron chi connectivity index (χ0n) is 31.7. The molecule has 0 atom stereocenters. The van der Waals surface area contributed by atoms with Gasteiger partial charge in [-0.2, -0.15) is 5.10 Å². The Balaban J connectivity index is 1.02. The van der Waals surface area contributed by atoms with Gasteiger partial charge in [0.15, 0.2) is 5.65 Å². The number of nitrogens with zero attached hydrogens (tertiary/aromatic N) is 4. The van der Waals surface area contributed by atoms with E-state index in [1.807, 2.05) is 10.9 Å². The average molecular weight is 729 g/mol. The molecule has 282 valence electrons. The van der Waals surface area contributed by atoms with Gasteiger partial charge >= 0.3 is 0 Å². The maximum Gasteiger partial charge on any atom is 0.251 e. The van der Waals surface area contributed by atoms with Crippen LogP contribution in [0.2, 0.25) is 0 Å². The Hall–Kier alpha value is -5.10. The van der Waals surface area contributed by atoms with Crippen molar-refractivity contribution in [2.45, 2.75) is 72.3 Å². The molecule has 2 saturated heterocycles. The highest BCUT2D eigenvalue weighted by Gasteiger charge is 2.22. The van der Waals surface area contributed by atoms with Crippen LogP contribution in [0.4, 0.5) is 5.69 Å². The van der Waals surface area contributed by atoms with Crippen LogP contribution in [0.1, 0.15) is 75.4 Å². The van der Waals surface area contributed by atoms with Gasteiger partial charge in [-0.15, -0.1) is 0 Å². The first-order valence-corrected chi connectivity index (χ1v) is 19.4. The number of nitrogens with one attached hydrogen (secondary N) is 4. The fourth-order valence-electron chi connectivity index (χ4n) is 7.60. The van der Waals surface area contributed by atoms with E-state index in [0.717, 1.165) is 90.2 Å². The van der Waals surface area contributed by atoms with Crippen LogP contribution in [0.5, 0.6) is 0 Å². The molecule has 4 N–H and O–H groups in total. The number of anilines is 1. The third kappa shape index (κ3) is 8.49. The number of ether oxygens (including phenoxy) is 1. The lowest BCUT2D eigenvalue weighted by molar-refractivity contribution is 0.0904. The van der Waals surface area contributed by atoms with Crippen molar-refractivity contribution >= 4 is 28.5 Å². The smallest absolute Gasteiger partial charge is 0.251 e. The number of aryl methyl sites for hydroxylation is 2. The number of fused-ring (bicyclic) bond motifs is 1. The number of pyridine rings is 1. The summed E-state index contributed by atoms with van der Waals surface area (Å²) < 4.78 is 7.52. The Bertz CT molecular complexity index is 2100. The summed E-state index contributed by atoms with van der Waals surface area (Å²) in [6.45, 7) is 14.2. The summed E-state index contributed by atoms with van der Waals surface area (Å²) in [5, 5.41) is 19.0. The van der Waals surface area contributed by atoms with Gasteiger partial charge in [-0.3, -0.25) is 14.5 Å². The lowest BCUT2D eigenvalue weighted by Crippen LogP contribution is -2.42. The molecule has 2 amide bonds. The predicted molar refractivity (Wildman–Crippen MR) is 214 cm³/mol. The zero-order chi connectivity index (χ0) is 37.4. The number of aromatic nitrogens is 3. The topological polar surface area (TPSA) is 125 Å². The van der Waals surface area contributed by atoms with E-state index in [4.69, 9.17) is 9.72 Å². The van der Waals surface area contributed by atoms with E-state index >= 15 is 0 Å². The Morgan fingerprint density at radius 1 is 0.907 bits per heavy atom. The van der Waals surface area contributed by atoms with E-state index in [1.165, 1.54) is 11.1 Å². The van der Waals surface area contributed by atoms with Crippen LogP contribution >= 0.6 is 0 Å². The van der Waals surface area contributed by atoms with Crippen molar-refractivity contribution in [3.63, 3.8) is 0 Å². The van der Waals surface area contributed by atoms with Crippen molar-refractivity contribution in [1.82, 2.24) is 35.6 Å². The van der Waals surface area contributed by atoms with Crippen LogP contribution in [0.15, 0.2) is 72.9 Å². The fraction of sp³-hybridized carbons (Fsp3) is 0.395. The highest BCUT2D eigenvalue weighted by molar-refractivity contribution is 6.00. The van der Waals surface area contributed by atoms with Crippen molar-refractivity contribution in [2.24, 2.45) is 0 Å². The van der Waals surface area contributed by atoms with Crippen LogP contribution in [-0.2, 0) is 37.3 Å². The summed E-state index contributed by atoms with van der Waals surface area (Å²) in [6.07, 6.45) is 4.39. The van der Waals surface area contributed by atoms with Gasteiger partial charge in [0.05, 0.1) is 17.3 Å². The standard InChI is InChI=1S/C43H52N8O3/c1-4-39-37(40(48-35-15-21-54-22-16-35)38-27-47-51(5-2)41(38)49-39)26-46-43(53)33-12-7-11-32(24-33)42(52)45-25-34-13-8-14-36(29(34)3)31-10-6-9-30(23-31)28-50-19-17-44-18-20-50/h6-14,23-24,27,35,44H,4-5,15-22,25-26,28H2,1-3H3,(H,45,52)(H,46,53)(H,48,49). The van der Waals surface area contributed by atoms with E-state index in [9.17, 15) is 9.59 Å². The summed E-state index contributed by atoms with van der Waals surface area (Å²) in [5.41, 5.74) is 10.4. The molecule has 7 rings (SSSR count). The van der Waals surface area contributed by atoms with E-state index < -0.39 is 0 Å². The van der Waals surface area contributed by atoms with Gasteiger partial charge in [0.25, 0.3) is 11.8 Å². The summed E-state index contributed by atoms with van der Waals surface area (Å²) in [7, 11) is 0. The van der Waals surface area contributed by atoms with Crippen LogP contribution < -0.4 is 21.3 Å². The van der Waals surface area contributed by atoms with Crippen LogP contribution in [0, 0.1) is 6.92 Å². The molecule has 2 aliphatic heterocycles. The SMILES string of the molecule is CCc1nc2c(cnn2CC)c(NC2CCOCC2)c1CNC(=O)c1cccc(C(=O)NCc2cccc(-c3cccc(CN4CCNCC4)c3)c2C)c1. The number of piperazine rings is 1. The summed E-state index contributed by atoms with van der Waals surface area (Å²) in [5.74, 6) is -0.484. The molecule has 4 heterocycles. The van der Waals surface area contributed by atoms with Crippen LogP contribution in [0.25, 0.3) is 22.2 Å². The molecular formula is C43H52N8O3. The first-order valence-electron chi connectivity index (χ1n) is 19.4. The Kier molecular flexibility index (Phi) is 12.0. The van der Waals surface area contributed by atoms with Crippen LogP contribution in [-0.4, -0.2) is 76.9 Å². The highest BCUT2D eigenvalue weighted by Crippen LogP contribution is 2.32. The average Bonchev–Trinajstić information content (AvgIpc) is 3.63. The molecule has 11 nitrogen and oxygen atoms in total.